The second-order valence-corrected chi connectivity index (χ2v) is 19.9. The average Bonchev–Trinajstić information content (AvgIpc) is 3.40. The smallest absolute Gasteiger partial charge is 0.206 e. The van der Waals surface area contributed by atoms with E-state index in [1.165, 1.54) is 0 Å². The molecular formula is C60H42O5S2. The van der Waals surface area contributed by atoms with Crippen molar-refractivity contribution in [3.05, 3.63) is 255 Å². The Bertz CT molecular complexity index is 3310. The Morgan fingerprint density at radius 2 is 0.478 bits per heavy atom. The molecule has 0 fully saturated rings. The van der Waals surface area contributed by atoms with Crippen LogP contribution in [0.2, 0.25) is 0 Å². The van der Waals surface area contributed by atoms with E-state index in [1.54, 1.807) is 84.9 Å². The SMILES string of the molecule is O=S(=O)(c1ccccc1)c1ccc(-c2c(Oc3ccc(-c4ccccc4)c(-c4ccccc4)c3-c3ccc(S(=O)(=O)c4ccccc4)cc3)ccc(-c3ccccc3)c2-c2ccccc2)cc1. The molecule has 0 aromatic heterocycles. The van der Waals surface area contributed by atoms with Gasteiger partial charge in [0.2, 0.25) is 19.7 Å². The Labute approximate surface area is 391 Å². The van der Waals surface area contributed by atoms with Crippen LogP contribution in [0.3, 0.4) is 0 Å². The summed E-state index contributed by atoms with van der Waals surface area (Å²) in [5.41, 5.74) is 10.7. The third kappa shape index (κ3) is 8.50. The lowest BCUT2D eigenvalue weighted by Crippen LogP contribution is -2.02. The fraction of sp³-hybridized carbons (Fsp3) is 0. The average molecular weight is 907 g/mol. The second-order valence-electron chi connectivity index (χ2n) is 16.0. The summed E-state index contributed by atoms with van der Waals surface area (Å²) in [6.07, 6.45) is 0. The Morgan fingerprint density at radius 3 is 0.791 bits per heavy atom. The third-order valence-electron chi connectivity index (χ3n) is 11.9. The predicted molar refractivity (Wildman–Crippen MR) is 269 cm³/mol. The minimum Gasteiger partial charge on any atom is -0.456 e. The largest absolute Gasteiger partial charge is 0.456 e. The van der Waals surface area contributed by atoms with Crippen LogP contribution < -0.4 is 4.74 Å². The molecular weight excluding hydrogens is 865 g/mol. The minimum absolute atomic E-state index is 0.175. The van der Waals surface area contributed by atoms with E-state index in [9.17, 15) is 16.8 Å². The maximum atomic E-state index is 13.9. The van der Waals surface area contributed by atoms with Gasteiger partial charge in [0.1, 0.15) is 11.5 Å². The molecule has 0 aliphatic heterocycles. The van der Waals surface area contributed by atoms with E-state index in [0.717, 1.165) is 66.8 Å². The van der Waals surface area contributed by atoms with Crippen LogP contribution in [0.15, 0.2) is 274 Å². The molecule has 10 aromatic carbocycles. The van der Waals surface area contributed by atoms with Gasteiger partial charge in [-0.25, -0.2) is 16.8 Å². The molecule has 0 N–H and O–H groups in total. The van der Waals surface area contributed by atoms with Crippen LogP contribution in [0.1, 0.15) is 0 Å². The van der Waals surface area contributed by atoms with Crippen molar-refractivity contribution in [2.75, 3.05) is 0 Å². The van der Waals surface area contributed by atoms with Crippen LogP contribution >= 0.6 is 0 Å². The molecule has 7 heteroatoms. The highest BCUT2D eigenvalue weighted by Crippen LogP contribution is 2.51. The van der Waals surface area contributed by atoms with Crippen LogP contribution in [0.5, 0.6) is 11.5 Å². The summed E-state index contributed by atoms with van der Waals surface area (Å²) in [5, 5.41) is 0. The van der Waals surface area contributed by atoms with E-state index >= 15 is 0 Å². The first-order chi connectivity index (χ1) is 32.8. The zero-order valence-corrected chi connectivity index (χ0v) is 37.7. The second kappa shape index (κ2) is 18.4. The fourth-order valence-electron chi connectivity index (χ4n) is 8.63. The Balaban J connectivity index is 1.22. The number of sulfone groups is 2. The highest BCUT2D eigenvalue weighted by molar-refractivity contribution is 7.91. The van der Waals surface area contributed by atoms with Gasteiger partial charge < -0.3 is 4.74 Å². The van der Waals surface area contributed by atoms with Crippen molar-refractivity contribution in [1.29, 1.82) is 0 Å². The van der Waals surface area contributed by atoms with Gasteiger partial charge in [0.15, 0.2) is 0 Å². The van der Waals surface area contributed by atoms with Crippen LogP contribution in [0.25, 0.3) is 66.8 Å². The lowest BCUT2D eigenvalue weighted by atomic mass is 9.86. The number of rotatable bonds is 12. The fourth-order valence-corrected chi connectivity index (χ4v) is 11.2. The molecule has 67 heavy (non-hydrogen) atoms. The maximum Gasteiger partial charge on any atom is 0.206 e. The normalized spacial score (nSPS) is 11.5. The first-order valence-corrected chi connectivity index (χ1v) is 24.8. The highest BCUT2D eigenvalue weighted by Gasteiger charge is 2.26. The van der Waals surface area contributed by atoms with Crippen molar-refractivity contribution in [3.63, 3.8) is 0 Å². The maximum absolute atomic E-state index is 13.9. The highest BCUT2D eigenvalue weighted by atomic mass is 32.2. The van der Waals surface area contributed by atoms with Gasteiger partial charge in [-0.05, 0) is 105 Å². The van der Waals surface area contributed by atoms with E-state index in [1.807, 2.05) is 109 Å². The Morgan fingerprint density at radius 1 is 0.224 bits per heavy atom. The van der Waals surface area contributed by atoms with E-state index < -0.39 is 19.7 Å². The molecule has 10 rings (SSSR count). The number of ether oxygens (including phenoxy) is 1. The van der Waals surface area contributed by atoms with Crippen LogP contribution in [-0.4, -0.2) is 16.8 Å². The lowest BCUT2D eigenvalue weighted by molar-refractivity contribution is 0.487. The zero-order chi connectivity index (χ0) is 45.8. The summed E-state index contributed by atoms with van der Waals surface area (Å²) in [4.78, 5) is 0.784. The van der Waals surface area contributed by atoms with Crippen molar-refractivity contribution in [1.82, 2.24) is 0 Å². The zero-order valence-electron chi connectivity index (χ0n) is 36.1. The molecule has 5 nitrogen and oxygen atoms in total. The first kappa shape index (κ1) is 42.8. The standard InChI is InChI=1S/C60H42O5S2/c61-66(62,49-27-15-5-16-28-49)51-35-31-47(32-36-51)59-55(41-39-53(43-19-7-1-8-20-43)57(59)45-23-11-3-12-24-45)65-56-42-40-54(44-21-9-2-10-22-44)58(46-25-13-4-14-26-46)60(56)48-33-37-52(38-34-48)67(63,64)50-29-17-6-18-30-50/h1-42H. The lowest BCUT2D eigenvalue weighted by Gasteiger charge is -2.24. The van der Waals surface area contributed by atoms with Crippen molar-refractivity contribution >= 4 is 19.7 Å². The van der Waals surface area contributed by atoms with Crippen molar-refractivity contribution in [3.8, 4) is 78.3 Å². The Hall–Kier alpha value is -8.10. The molecule has 0 radical (unpaired) electrons. The van der Waals surface area contributed by atoms with E-state index in [2.05, 4.69) is 60.7 Å². The van der Waals surface area contributed by atoms with Gasteiger partial charge in [-0.15, -0.1) is 0 Å². The monoisotopic (exact) mass is 906 g/mol. The molecule has 10 aromatic rings. The summed E-state index contributed by atoms with van der Waals surface area (Å²) in [6.45, 7) is 0. The summed E-state index contributed by atoms with van der Waals surface area (Å²) >= 11 is 0. The van der Waals surface area contributed by atoms with Crippen LogP contribution in [0.4, 0.5) is 0 Å². The molecule has 0 saturated carbocycles. The summed E-state index contributed by atoms with van der Waals surface area (Å²) < 4.78 is 62.8. The minimum atomic E-state index is -3.80. The molecule has 0 atom stereocenters. The van der Waals surface area contributed by atoms with Crippen LogP contribution in [0, 0.1) is 0 Å². The predicted octanol–water partition coefficient (Wildman–Crippen LogP) is 15.1. The molecule has 0 aliphatic carbocycles. The Kier molecular flexibility index (Phi) is 11.8. The summed E-state index contributed by atoms with van der Waals surface area (Å²) in [6, 6.07) is 79.6. The van der Waals surface area contributed by atoms with E-state index in [-0.39, 0.29) is 19.6 Å². The molecule has 0 spiro atoms. The first-order valence-electron chi connectivity index (χ1n) is 21.8. The topological polar surface area (TPSA) is 77.5 Å². The number of benzene rings is 10. The van der Waals surface area contributed by atoms with Crippen molar-refractivity contribution < 1.29 is 21.6 Å². The molecule has 324 valence electrons. The molecule has 0 unspecified atom stereocenters. The summed E-state index contributed by atoms with van der Waals surface area (Å²) in [5.74, 6) is 1.07. The molecule has 0 bridgehead atoms. The number of hydrogen-bond acceptors (Lipinski definition) is 5. The van der Waals surface area contributed by atoms with Crippen molar-refractivity contribution in [2.45, 2.75) is 19.6 Å². The van der Waals surface area contributed by atoms with Gasteiger partial charge in [0.25, 0.3) is 0 Å². The van der Waals surface area contributed by atoms with Gasteiger partial charge >= 0.3 is 0 Å². The van der Waals surface area contributed by atoms with Gasteiger partial charge in [0.05, 0.1) is 19.6 Å². The summed E-state index contributed by atoms with van der Waals surface area (Å²) in [7, 11) is -7.60. The quantitative estimate of drug-likeness (QED) is 0.122. The number of hydrogen-bond donors (Lipinski definition) is 0. The molecule has 0 heterocycles. The molecule has 0 amide bonds. The van der Waals surface area contributed by atoms with E-state index in [4.69, 9.17) is 4.74 Å². The van der Waals surface area contributed by atoms with Gasteiger partial charge in [-0.3, -0.25) is 0 Å². The van der Waals surface area contributed by atoms with E-state index in [0.29, 0.717) is 11.5 Å². The van der Waals surface area contributed by atoms with Crippen LogP contribution in [-0.2, 0) is 19.7 Å². The molecule has 0 saturated heterocycles. The van der Waals surface area contributed by atoms with Crippen molar-refractivity contribution in [2.24, 2.45) is 0 Å². The molecule has 0 aliphatic rings. The van der Waals surface area contributed by atoms with Gasteiger partial charge in [0, 0.05) is 22.3 Å². The third-order valence-corrected chi connectivity index (χ3v) is 15.4. The van der Waals surface area contributed by atoms with Gasteiger partial charge in [-0.1, -0.05) is 194 Å². The van der Waals surface area contributed by atoms with Gasteiger partial charge in [-0.2, -0.15) is 0 Å².